The van der Waals surface area contributed by atoms with Crippen LogP contribution < -0.4 is 0 Å². The minimum atomic E-state index is -1.95. The van der Waals surface area contributed by atoms with Gasteiger partial charge in [-0.05, 0) is 38.3 Å². The van der Waals surface area contributed by atoms with Crippen LogP contribution >= 0.6 is 0 Å². The highest BCUT2D eigenvalue weighted by Gasteiger charge is 2.88. The Hall–Kier alpha value is -2.29. The molecule has 0 spiro atoms. The fourth-order valence-electron chi connectivity index (χ4n) is 7.58. The average Bonchev–Trinajstić information content (AvgIpc) is 3.30. The van der Waals surface area contributed by atoms with Crippen LogP contribution in [0.1, 0.15) is 68.2 Å². The summed E-state index contributed by atoms with van der Waals surface area (Å²) < 4.78 is 12.4. The van der Waals surface area contributed by atoms with E-state index in [-0.39, 0.29) is 12.3 Å². The zero-order valence-corrected chi connectivity index (χ0v) is 23.7. The molecule has 3 N–H and O–H groups in total. The second-order valence-electron chi connectivity index (χ2n) is 12.5. The van der Waals surface area contributed by atoms with Gasteiger partial charge in [0.1, 0.15) is 11.7 Å². The molecule has 0 aliphatic heterocycles. The molecule has 2 saturated carbocycles. The van der Waals surface area contributed by atoms with Gasteiger partial charge in [0.2, 0.25) is 0 Å². The third-order valence-electron chi connectivity index (χ3n) is 10.2. The number of Topliss-reactive ketones (excluding diaryl/α,β-unsaturated/α-hetero) is 1. The molecule has 8 nitrogen and oxygen atoms in total. The average molecular weight is 531 g/mol. The SMILES string of the molecule is C/C=C(\C)C(=O)O[C@@H]1[C@@H](C)[C@]2(O)[C@H]3C=C(C)C(=O)[C@@]3(O)CC(CO)=C[C@H]2[C@H]2C(C)(C)[C@]12OC(=O)[C@H](C)CC. The number of fused-ring (bicyclic) bond motifs is 5. The molecule has 4 aliphatic carbocycles. The van der Waals surface area contributed by atoms with Crippen LogP contribution in [0.5, 0.6) is 0 Å². The van der Waals surface area contributed by atoms with E-state index in [1.807, 2.05) is 20.8 Å². The lowest BCUT2D eigenvalue weighted by molar-refractivity contribution is -0.228. The molecule has 210 valence electrons. The van der Waals surface area contributed by atoms with E-state index < -0.39 is 76.3 Å². The van der Waals surface area contributed by atoms with Crippen LogP contribution in [0.3, 0.4) is 0 Å². The lowest BCUT2D eigenvalue weighted by Gasteiger charge is -2.53. The largest absolute Gasteiger partial charge is 0.454 e. The summed E-state index contributed by atoms with van der Waals surface area (Å²) in [5.41, 5.74) is -4.51. The number of rotatable bonds is 6. The Morgan fingerprint density at radius 2 is 1.87 bits per heavy atom. The smallest absolute Gasteiger partial charge is 0.333 e. The van der Waals surface area contributed by atoms with E-state index in [0.29, 0.717) is 23.1 Å². The minimum absolute atomic E-state index is 0.124. The third kappa shape index (κ3) is 3.56. The summed E-state index contributed by atoms with van der Waals surface area (Å²) in [6.45, 7) is 13.8. The van der Waals surface area contributed by atoms with Gasteiger partial charge in [0, 0.05) is 41.1 Å². The predicted molar refractivity (Wildman–Crippen MR) is 139 cm³/mol. The molecule has 0 aromatic rings. The van der Waals surface area contributed by atoms with Gasteiger partial charge in [-0.15, -0.1) is 0 Å². The van der Waals surface area contributed by atoms with Crippen molar-refractivity contribution in [2.75, 3.05) is 6.61 Å². The van der Waals surface area contributed by atoms with Gasteiger partial charge in [0.25, 0.3) is 0 Å². The molecule has 9 atom stereocenters. The van der Waals surface area contributed by atoms with Crippen molar-refractivity contribution in [1.29, 1.82) is 0 Å². The maximum absolute atomic E-state index is 13.3. The van der Waals surface area contributed by atoms with E-state index in [1.165, 1.54) is 0 Å². The number of carbonyl (C=O) groups excluding carboxylic acids is 3. The summed E-state index contributed by atoms with van der Waals surface area (Å²) >= 11 is 0. The molecule has 4 rings (SSSR count). The molecule has 0 unspecified atom stereocenters. The van der Waals surface area contributed by atoms with E-state index in [2.05, 4.69) is 0 Å². The first-order valence-corrected chi connectivity index (χ1v) is 13.6. The monoisotopic (exact) mass is 530 g/mol. The van der Waals surface area contributed by atoms with Crippen LogP contribution in [-0.4, -0.2) is 62.6 Å². The highest BCUT2D eigenvalue weighted by Crippen LogP contribution is 2.77. The molecule has 0 bridgehead atoms. The standard InChI is InChI=1S/C30H42O8/c1-9-15(3)25(33)37-24-18(6)29(36)20(22-27(7,8)30(22,24)38-26(34)16(4)10-2)12-19(14-31)13-28(35)21(29)11-17(5)23(28)32/h9,11-12,16,18,20-22,24,31,35-36H,10,13-14H2,1-8H3/b15-9+/t16-,18-,20+,21+,22+,24-,28-,29-,30-/m1/s1. The zero-order valence-electron chi connectivity index (χ0n) is 23.7. The maximum atomic E-state index is 13.3. The quantitative estimate of drug-likeness (QED) is 0.271. The Morgan fingerprint density at radius 1 is 1.24 bits per heavy atom. The fraction of sp³-hybridized carbons (Fsp3) is 0.700. The van der Waals surface area contributed by atoms with E-state index in [1.54, 1.807) is 52.8 Å². The topological polar surface area (TPSA) is 130 Å². The van der Waals surface area contributed by atoms with Crippen LogP contribution in [0.4, 0.5) is 0 Å². The van der Waals surface area contributed by atoms with Crippen molar-refractivity contribution >= 4 is 17.7 Å². The summed E-state index contributed by atoms with van der Waals surface area (Å²) in [4.78, 5) is 39.6. The van der Waals surface area contributed by atoms with Crippen molar-refractivity contribution in [2.24, 2.45) is 35.0 Å². The lowest BCUT2D eigenvalue weighted by Crippen LogP contribution is -2.66. The van der Waals surface area contributed by atoms with Gasteiger partial charge in [0.05, 0.1) is 18.1 Å². The lowest BCUT2D eigenvalue weighted by atomic mass is 9.59. The number of aliphatic hydroxyl groups is 3. The van der Waals surface area contributed by atoms with Crippen molar-refractivity contribution in [1.82, 2.24) is 0 Å². The number of carbonyl (C=O) groups is 3. The Bertz CT molecular complexity index is 1150. The first-order chi connectivity index (χ1) is 17.6. The van der Waals surface area contributed by atoms with Gasteiger partial charge in [-0.1, -0.05) is 52.8 Å². The maximum Gasteiger partial charge on any atom is 0.333 e. The summed E-state index contributed by atoms with van der Waals surface area (Å²) in [6, 6.07) is 0. The van der Waals surface area contributed by atoms with Gasteiger partial charge in [-0.2, -0.15) is 0 Å². The minimum Gasteiger partial charge on any atom is -0.454 e. The molecule has 0 heterocycles. The summed E-state index contributed by atoms with van der Waals surface area (Å²) in [5, 5.41) is 34.7. The number of esters is 2. The number of ether oxygens (including phenoxy) is 2. The molecule has 38 heavy (non-hydrogen) atoms. The number of allylic oxidation sites excluding steroid dienone is 1. The van der Waals surface area contributed by atoms with E-state index in [0.717, 1.165) is 0 Å². The van der Waals surface area contributed by atoms with Crippen LogP contribution in [0, 0.1) is 35.0 Å². The number of ketones is 1. The Morgan fingerprint density at radius 3 is 2.42 bits per heavy atom. The Balaban J connectivity index is 1.95. The second kappa shape index (κ2) is 9.14. The van der Waals surface area contributed by atoms with E-state index in [4.69, 9.17) is 9.47 Å². The van der Waals surface area contributed by atoms with Crippen LogP contribution in [0.15, 0.2) is 34.9 Å². The molecular weight excluding hydrogens is 488 g/mol. The van der Waals surface area contributed by atoms with Crippen LogP contribution in [0.25, 0.3) is 0 Å². The van der Waals surface area contributed by atoms with Gasteiger partial charge >= 0.3 is 11.9 Å². The van der Waals surface area contributed by atoms with Crippen molar-refractivity contribution < 1.29 is 39.2 Å². The van der Waals surface area contributed by atoms with Gasteiger partial charge in [-0.3, -0.25) is 9.59 Å². The van der Waals surface area contributed by atoms with Gasteiger partial charge in [0.15, 0.2) is 11.4 Å². The number of hydrogen-bond acceptors (Lipinski definition) is 8. The first kappa shape index (κ1) is 28.7. The zero-order chi connectivity index (χ0) is 28.6. The molecular formula is C30H42O8. The van der Waals surface area contributed by atoms with Crippen molar-refractivity contribution in [3.8, 4) is 0 Å². The second-order valence-corrected chi connectivity index (χ2v) is 12.5. The summed E-state index contributed by atoms with van der Waals surface area (Å²) in [7, 11) is 0. The van der Waals surface area contributed by atoms with Crippen LogP contribution in [-0.2, 0) is 23.9 Å². The third-order valence-corrected chi connectivity index (χ3v) is 10.2. The van der Waals surface area contributed by atoms with Crippen molar-refractivity contribution in [2.45, 2.75) is 91.1 Å². The van der Waals surface area contributed by atoms with E-state index in [9.17, 15) is 29.7 Å². The molecule has 0 radical (unpaired) electrons. The Labute approximate surface area is 224 Å². The molecule has 0 aromatic heterocycles. The fourth-order valence-corrected chi connectivity index (χ4v) is 7.58. The molecule has 0 amide bonds. The summed E-state index contributed by atoms with van der Waals surface area (Å²) in [5.74, 6) is -4.91. The highest BCUT2D eigenvalue weighted by molar-refractivity contribution is 6.04. The molecule has 0 saturated heterocycles. The molecule has 0 aromatic carbocycles. The Kier molecular flexibility index (Phi) is 6.90. The molecule has 2 fully saturated rings. The predicted octanol–water partition coefficient (Wildman–Crippen LogP) is 3.04. The van der Waals surface area contributed by atoms with Crippen LogP contribution in [0.2, 0.25) is 0 Å². The number of hydrogen-bond donors (Lipinski definition) is 3. The molecule has 8 heteroatoms. The van der Waals surface area contributed by atoms with Gasteiger partial charge in [-0.25, -0.2) is 4.79 Å². The van der Waals surface area contributed by atoms with Crippen molar-refractivity contribution in [3.05, 3.63) is 34.9 Å². The first-order valence-electron chi connectivity index (χ1n) is 13.6. The normalized spacial score (nSPS) is 42.0. The number of aliphatic hydroxyl groups excluding tert-OH is 1. The summed E-state index contributed by atoms with van der Waals surface area (Å²) in [6.07, 6.45) is 4.40. The van der Waals surface area contributed by atoms with E-state index >= 15 is 0 Å². The molecule has 4 aliphatic rings. The van der Waals surface area contributed by atoms with Crippen molar-refractivity contribution in [3.63, 3.8) is 0 Å². The van der Waals surface area contributed by atoms with Gasteiger partial charge < -0.3 is 24.8 Å². The highest BCUT2D eigenvalue weighted by atomic mass is 16.6.